The zero-order valence-electron chi connectivity index (χ0n) is 25.4. The second-order valence-corrected chi connectivity index (χ2v) is 12.6. The molecule has 1 spiro atoms. The molecule has 3 heterocycles. The van der Waals surface area contributed by atoms with E-state index in [2.05, 4.69) is 34.4 Å². The maximum absolute atomic E-state index is 14.6. The van der Waals surface area contributed by atoms with E-state index in [4.69, 9.17) is 14.2 Å². The molecule has 0 saturated carbocycles. The number of halogens is 1. The van der Waals surface area contributed by atoms with Crippen LogP contribution >= 0.6 is 15.9 Å². The van der Waals surface area contributed by atoms with E-state index in [1.165, 1.54) is 9.80 Å². The van der Waals surface area contributed by atoms with Crippen LogP contribution in [-0.4, -0.2) is 95.2 Å². The number of rotatable bonds is 15. The number of methoxy groups -OCH3 is 1. The minimum Gasteiger partial charge on any atom is -0.497 e. The Bertz CT molecular complexity index is 1250. The second-order valence-electron chi connectivity index (χ2n) is 11.5. The van der Waals surface area contributed by atoms with E-state index in [1.807, 2.05) is 6.92 Å². The van der Waals surface area contributed by atoms with Crippen molar-refractivity contribution in [1.29, 1.82) is 0 Å². The molecule has 2 N–H and O–H groups in total. The third kappa shape index (κ3) is 6.16. The van der Waals surface area contributed by atoms with Gasteiger partial charge < -0.3 is 34.4 Å². The van der Waals surface area contributed by atoms with Gasteiger partial charge in [0.05, 0.1) is 44.2 Å². The number of nitrogens with zero attached hydrogens (tertiary/aromatic N) is 2. The molecule has 3 saturated heterocycles. The molecule has 0 radical (unpaired) electrons. The van der Waals surface area contributed by atoms with Crippen LogP contribution in [0.15, 0.2) is 49.6 Å². The summed E-state index contributed by atoms with van der Waals surface area (Å²) in [5.41, 5.74) is -0.754. The van der Waals surface area contributed by atoms with Gasteiger partial charge in [-0.1, -0.05) is 35.0 Å². The van der Waals surface area contributed by atoms with E-state index in [0.29, 0.717) is 30.7 Å². The van der Waals surface area contributed by atoms with E-state index >= 15 is 0 Å². The van der Waals surface area contributed by atoms with Crippen LogP contribution in [0.1, 0.15) is 39.5 Å². The van der Waals surface area contributed by atoms with Crippen molar-refractivity contribution in [2.24, 2.45) is 11.8 Å². The van der Waals surface area contributed by atoms with Gasteiger partial charge in [0, 0.05) is 23.5 Å². The number of benzene rings is 1. The quantitative estimate of drug-likeness (QED) is 0.165. The minimum absolute atomic E-state index is 0.107. The Kier molecular flexibility index (Phi) is 10.9. The Hall–Kier alpha value is -3.22. The maximum atomic E-state index is 14.6. The first kappa shape index (κ1) is 33.7. The molecule has 4 rings (SSSR count). The first-order valence-corrected chi connectivity index (χ1v) is 15.9. The number of hydrogen-bond donors (Lipinski definition) is 2. The van der Waals surface area contributed by atoms with Gasteiger partial charge in [0.2, 0.25) is 11.8 Å². The van der Waals surface area contributed by atoms with Crippen LogP contribution in [0.25, 0.3) is 0 Å². The predicted octanol–water partition coefficient (Wildman–Crippen LogP) is 2.75. The first-order chi connectivity index (χ1) is 21.1. The van der Waals surface area contributed by atoms with Crippen molar-refractivity contribution in [3.8, 4) is 5.75 Å². The number of allylic oxidation sites excluding steroid dienone is 1. The van der Waals surface area contributed by atoms with Crippen LogP contribution in [0.4, 0.5) is 5.69 Å². The molecule has 3 aliphatic heterocycles. The SMILES string of the molecule is C=CCCC(=O)NC[C@@H](C)OC(=O)[C@@H]1[C@H]2O[C@@]3(CC2Br)[C@H](C(=O)N(CC=C)c2ccc(OC)cc2)N([C@@H](CC)CO)C(=O)[C@@H]13. The van der Waals surface area contributed by atoms with E-state index in [-0.39, 0.29) is 36.9 Å². The molecule has 3 fully saturated rings. The average Bonchev–Trinajstić information content (AvgIpc) is 3.61. The first-order valence-electron chi connectivity index (χ1n) is 15.0. The third-order valence-electron chi connectivity index (χ3n) is 8.75. The Morgan fingerprint density at radius 1 is 1.27 bits per heavy atom. The number of carbonyl (C=O) groups is 4. The predicted molar refractivity (Wildman–Crippen MR) is 167 cm³/mol. The van der Waals surface area contributed by atoms with E-state index in [9.17, 15) is 24.3 Å². The van der Waals surface area contributed by atoms with Crippen molar-refractivity contribution < 1.29 is 38.5 Å². The molecule has 240 valence electrons. The number of carbonyl (C=O) groups excluding carboxylic acids is 4. The normalized spacial score (nSPS) is 28.2. The zero-order chi connectivity index (χ0) is 32.2. The summed E-state index contributed by atoms with van der Waals surface area (Å²) in [7, 11) is 1.55. The van der Waals surface area contributed by atoms with Crippen molar-refractivity contribution in [3.63, 3.8) is 0 Å². The number of ether oxygens (including phenoxy) is 3. The highest BCUT2D eigenvalue weighted by Gasteiger charge is 2.77. The van der Waals surface area contributed by atoms with Crippen LogP contribution in [0.2, 0.25) is 0 Å². The van der Waals surface area contributed by atoms with Crippen molar-refractivity contribution in [1.82, 2.24) is 10.2 Å². The lowest BCUT2D eigenvalue weighted by Gasteiger charge is -2.39. The van der Waals surface area contributed by atoms with Gasteiger partial charge in [0.15, 0.2) is 0 Å². The van der Waals surface area contributed by atoms with Gasteiger partial charge in [-0.2, -0.15) is 0 Å². The van der Waals surface area contributed by atoms with E-state index < -0.39 is 59.5 Å². The Labute approximate surface area is 266 Å². The standard InChI is InChI=1S/C32H42BrN3O8/c1-6-9-10-24(38)34-17-19(4)43-31(41)25-26-29(39)36(20(8-3)18-37)28(32(26)16-23(33)27(25)44-32)30(40)35(15-7-2)21-11-13-22(42-5)14-12-21/h6-7,11-14,19-20,23,25-28,37H,1-2,8-10,15-18H2,3-5H3,(H,34,38)/t19-,20+,23?,25+,26-,27+,28+,32-/m1/s1. The number of likely N-dealkylation sites (tertiary alicyclic amines) is 1. The molecule has 12 heteroatoms. The number of esters is 1. The van der Waals surface area contributed by atoms with Crippen molar-refractivity contribution in [2.75, 3.05) is 31.7 Å². The number of alkyl halides is 1. The summed E-state index contributed by atoms with van der Waals surface area (Å²) in [6, 6.07) is 5.19. The van der Waals surface area contributed by atoms with Gasteiger partial charge in [-0.05, 0) is 50.5 Å². The summed E-state index contributed by atoms with van der Waals surface area (Å²) in [6.45, 7) is 10.8. The summed E-state index contributed by atoms with van der Waals surface area (Å²) >= 11 is 3.66. The monoisotopic (exact) mass is 675 g/mol. The van der Waals surface area contributed by atoms with Crippen LogP contribution in [-0.2, 0) is 28.7 Å². The molecule has 1 aromatic rings. The Morgan fingerprint density at radius 2 is 1.98 bits per heavy atom. The van der Waals surface area contributed by atoms with Gasteiger partial charge in [-0.15, -0.1) is 13.2 Å². The Morgan fingerprint density at radius 3 is 2.57 bits per heavy atom. The van der Waals surface area contributed by atoms with Crippen molar-refractivity contribution >= 4 is 45.3 Å². The molecular weight excluding hydrogens is 634 g/mol. The van der Waals surface area contributed by atoms with Gasteiger partial charge in [0.1, 0.15) is 23.5 Å². The lowest BCUT2D eigenvalue weighted by Crippen LogP contribution is -2.59. The van der Waals surface area contributed by atoms with Crippen LogP contribution in [0.5, 0.6) is 5.75 Å². The van der Waals surface area contributed by atoms with Gasteiger partial charge in [0.25, 0.3) is 5.91 Å². The largest absolute Gasteiger partial charge is 0.497 e. The number of nitrogens with one attached hydrogen (secondary N) is 1. The summed E-state index contributed by atoms with van der Waals surface area (Å²) in [4.78, 5) is 57.3. The lowest BCUT2D eigenvalue weighted by atomic mass is 9.70. The molecular formula is C32H42BrN3O8. The summed E-state index contributed by atoms with van der Waals surface area (Å²) in [5.74, 6) is -2.99. The van der Waals surface area contributed by atoms with Crippen LogP contribution < -0.4 is 15.0 Å². The fourth-order valence-electron chi connectivity index (χ4n) is 6.68. The molecule has 3 amide bonds. The highest BCUT2D eigenvalue weighted by Crippen LogP contribution is 2.61. The third-order valence-corrected chi connectivity index (χ3v) is 9.59. The number of aliphatic hydroxyl groups is 1. The van der Waals surface area contributed by atoms with Crippen LogP contribution in [0, 0.1) is 11.8 Å². The number of hydrogen-bond acceptors (Lipinski definition) is 8. The van der Waals surface area contributed by atoms with Crippen molar-refractivity contribution in [3.05, 3.63) is 49.6 Å². The molecule has 3 aliphatic rings. The number of amides is 3. The molecule has 8 atom stereocenters. The van der Waals surface area contributed by atoms with Gasteiger partial charge in [-0.25, -0.2) is 0 Å². The molecule has 44 heavy (non-hydrogen) atoms. The molecule has 1 unspecified atom stereocenters. The fourth-order valence-corrected chi connectivity index (χ4v) is 7.63. The number of anilines is 1. The molecule has 0 aliphatic carbocycles. The van der Waals surface area contributed by atoms with Gasteiger partial charge >= 0.3 is 5.97 Å². The molecule has 0 aromatic heterocycles. The summed E-state index contributed by atoms with van der Waals surface area (Å²) in [5, 5.41) is 13.1. The summed E-state index contributed by atoms with van der Waals surface area (Å²) < 4.78 is 17.6. The Balaban J connectivity index is 1.67. The molecule has 2 bridgehead atoms. The number of aliphatic hydroxyl groups excluding tert-OH is 1. The lowest BCUT2D eigenvalue weighted by molar-refractivity contribution is -0.159. The second kappa shape index (κ2) is 14.3. The van der Waals surface area contributed by atoms with Crippen molar-refractivity contribution in [2.45, 2.75) is 74.3 Å². The average molecular weight is 677 g/mol. The van der Waals surface area contributed by atoms with Gasteiger partial charge in [-0.3, -0.25) is 19.2 Å². The highest BCUT2D eigenvalue weighted by molar-refractivity contribution is 9.09. The molecule has 11 nitrogen and oxygen atoms in total. The van der Waals surface area contributed by atoms with E-state index in [0.717, 1.165) is 0 Å². The highest BCUT2D eigenvalue weighted by atomic mass is 79.9. The van der Waals surface area contributed by atoms with Crippen LogP contribution in [0.3, 0.4) is 0 Å². The zero-order valence-corrected chi connectivity index (χ0v) is 27.0. The number of fused-ring (bicyclic) bond motifs is 1. The summed E-state index contributed by atoms with van der Waals surface area (Å²) in [6.07, 6.45) is 3.39. The topological polar surface area (TPSA) is 135 Å². The smallest absolute Gasteiger partial charge is 0.312 e. The van der Waals surface area contributed by atoms with E-state index in [1.54, 1.807) is 50.5 Å². The molecule has 1 aromatic carbocycles. The fraction of sp³-hybridized carbons (Fsp3) is 0.562. The maximum Gasteiger partial charge on any atom is 0.312 e. The minimum atomic E-state index is -1.33.